The third kappa shape index (κ3) is 4.25. The van der Waals surface area contributed by atoms with Crippen LogP contribution in [0.3, 0.4) is 0 Å². The molecule has 10 heteroatoms. The molecule has 1 aliphatic carbocycles. The Morgan fingerprint density at radius 3 is 2.71 bits per heavy atom. The predicted octanol–water partition coefficient (Wildman–Crippen LogP) is 3.23. The van der Waals surface area contributed by atoms with Gasteiger partial charge in [0.05, 0.1) is 29.8 Å². The van der Waals surface area contributed by atoms with Gasteiger partial charge in [0.15, 0.2) is 0 Å². The second-order valence-corrected chi connectivity index (χ2v) is 8.32. The Balaban J connectivity index is 1.41. The maximum Gasteiger partial charge on any atom is 0.272 e. The van der Waals surface area contributed by atoms with Crippen LogP contribution >= 0.6 is 0 Å². The number of allylic oxidation sites excluding steroid dienone is 2. The van der Waals surface area contributed by atoms with E-state index in [2.05, 4.69) is 25.7 Å². The summed E-state index contributed by atoms with van der Waals surface area (Å²) in [6.07, 6.45) is 8.48. The van der Waals surface area contributed by atoms with E-state index in [1.807, 2.05) is 6.08 Å². The number of hydrogen-bond donors (Lipinski definition) is 1. The summed E-state index contributed by atoms with van der Waals surface area (Å²) in [5.41, 5.74) is 3.29. The smallest absolute Gasteiger partial charge is 0.272 e. The molecule has 0 saturated heterocycles. The van der Waals surface area contributed by atoms with Crippen molar-refractivity contribution < 1.29 is 9.18 Å². The van der Waals surface area contributed by atoms with Gasteiger partial charge in [-0.2, -0.15) is 9.78 Å². The Morgan fingerprint density at radius 2 is 2.00 bits per heavy atom. The molecule has 3 aromatic heterocycles. The molecule has 0 aliphatic heterocycles. The second-order valence-electron chi connectivity index (χ2n) is 8.32. The lowest BCUT2D eigenvalue weighted by Crippen LogP contribution is -2.31. The molecule has 0 fully saturated rings. The van der Waals surface area contributed by atoms with Crippen LogP contribution in [0.25, 0.3) is 22.5 Å². The van der Waals surface area contributed by atoms with Crippen molar-refractivity contribution in [2.24, 2.45) is 7.05 Å². The predicted molar refractivity (Wildman–Crippen MR) is 127 cm³/mol. The van der Waals surface area contributed by atoms with Crippen molar-refractivity contribution in [3.63, 3.8) is 0 Å². The highest BCUT2D eigenvalue weighted by atomic mass is 19.1. The van der Waals surface area contributed by atoms with Crippen molar-refractivity contribution in [2.45, 2.75) is 25.8 Å². The maximum atomic E-state index is 15.1. The molecule has 0 spiro atoms. The van der Waals surface area contributed by atoms with Crippen LogP contribution in [0, 0.1) is 5.82 Å². The van der Waals surface area contributed by atoms with Crippen LogP contribution in [-0.2, 0) is 7.05 Å². The summed E-state index contributed by atoms with van der Waals surface area (Å²) in [5.74, 6) is -0.865. The normalized spacial score (nSPS) is 13.6. The van der Waals surface area contributed by atoms with Gasteiger partial charge in [0, 0.05) is 36.0 Å². The van der Waals surface area contributed by atoms with Crippen molar-refractivity contribution in [3.05, 3.63) is 94.1 Å². The van der Waals surface area contributed by atoms with Gasteiger partial charge in [0.1, 0.15) is 11.5 Å². The van der Waals surface area contributed by atoms with Crippen LogP contribution in [0.1, 0.15) is 47.4 Å². The highest BCUT2D eigenvalue weighted by Crippen LogP contribution is 2.33. The molecular formula is C25H22FN7O2. The van der Waals surface area contributed by atoms with Crippen LogP contribution in [0.5, 0.6) is 0 Å². The first-order valence-corrected chi connectivity index (χ1v) is 11.1. The Bertz CT molecular complexity index is 1520. The van der Waals surface area contributed by atoms with Crippen molar-refractivity contribution in [1.29, 1.82) is 0 Å². The Morgan fingerprint density at radius 1 is 1.17 bits per heavy atom. The van der Waals surface area contributed by atoms with E-state index < -0.39 is 17.5 Å². The van der Waals surface area contributed by atoms with Crippen LogP contribution in [0.2, 0.25) is 0 Å². The summed E-state index contributed by atoms with van der Waals surface area (Å²) in [6, 6.07) is 8.89. The fourth-order valence-electron chi connectivity index (χ4n) is 3.97. The number of halogens is 1. The minimum absolute atomic E-state index is 0.0160. The number of aryl methyl sites for hydroxylation is 1. The van der Waals surface area contributed by atoms with Gasteiger partial charge in [-0.05, 0) is 37.5 Å². The van der Waals surface area contributed by atoms with Crippen molar-refractivity contribution >= 4 is 11.5 Å². The second kappa shape index (κ2) is 9.05. The van der Waals surface area contributed by atoms with Crippen molar-refractivity contribution in [1.82, 2.24) is 35.1 Å². The Labute approximate surface area is 199 Å². The topological polar surface area (TPSA) is 108 Å². The van der Waals surface area contributed by atoms with E-state index in [0.717, 1.165) is 23.1 Å². The molecular weight excluding hydrogens is 449 g/mol. The molecule has 0 bridgehead atoms. The quantitative estimate of drug-likeness (QED) is 0.463. The molecule has 9 nitrogen and oxygen atoms in total. The van der Waals surface area contributed by atoms with Crippen LogP contribution in [0.15, 0.2) is 65.9 Å². The van der Waals surface area contributed by atoms with Crippen LogP contribution < -0.4 is 10.9 Å². The first kappa shape index (κ1) is 22.3. The number of amides is 1. The minimum Gasteiger partial charge on any atom is -0.344 e. The van der Waals surface area contributed by atoms with E-state index in [0.29, 0.717) is 28.1 Å². The van der Waals surface area contributed by atoms with Gasteiger partial charge < -0.3 is 5.32 Å². The van der Waals surface area contributed by atoms with Gasteiger partial charge in [-0.15, -0.1) is 5.10 Å². The number of benzene rings is 1. The van der Waals surface area contributed by atoms with E-state index in [-0.39, 0.29) is 11.5 Å². The van der Waals surface area contributed by atoms with Crippen LogP contribution in [0.4, 0.5) is 4.39 Å². The third-order valence-corrected chi connectivity index (χ3v) is 6.00. The highest BCUT2D eigenvalue weighted by molar-refractivity contribution is 5.92. The fraction of sp³-hybridized carbons (Fsp3) is 0.200. The average molecular weight is 471 g/mol. The van der Waals surface area contributed by atoms with E-state index in [9.17, 15) is 9.59 Å². The van der Waals surface area contributed by atoms with Gasteiger partial charge in [-0.25, -0.2) is 9.07 Å². The fourth-order valence-corrected chi connectivity index (χ4v) is 3.97. The van der Waals surface area contributed by atoms with Gasteiger partial charge in [0.2, 0.25) is 0 Å². The summed E-state index contributed by atoms with van der Waals surface area (Å²) < 4.78 is 17.8. The maximum absolute atomic E-state index is 15.1. The van der Waals surface area contributed by atoms with Gasteiger partial charge in [0.25, 0.3) is 11.5 Å². The molecule has 0 radical (unpaired) electrons. The zero-order chi connectivity index (χ0) is 24.5. The molecule has 0 unspecified atom stereocenters. The lowest BCUT2D eigenvalue weighted by atomic mass is 9.89. The summed E-state index contributed by atoms with van der Waals surface area (Å²) >= 11 is 0. The molecule has 3 heterocycles. The number of aromatic nitrogens is 6. The molecule has 35 heavy (non-hydrogen) atoms. The summed E-state index contributed by atoms with van der Waals surface area (Å²) in [7, 11) is 1.74. The van der Waals surface area contributed by atoms with Gasteiger partial charge in [-0.1, -0.05) is 29.5 Å². The minimum atomic E-state index is -0.604. The SMILES string of the molecule is C[C@@H](NC(=O)c1ccc(=O)n(-c2cncc(-c3cnnn3C)c2)n1)c1cccc(C2=CCC2)c1F. The number of nitrogens with zero attached hydrogens (tertiary/aromatic N) is 6. The Kier molecular flexibility index (Phi) is 5.77. The molecule has 1 aliphatic rings. The lowest BCUT2D eigenvalue weighted by molar-refractivity contribution is 0.0932. The largest absolute Gasteiger partial charge is 0.344 e. The average Bonchev–Trinajstić information content (AvgIpc) is 3.25. The molecule has 1 atom stereocenters. The first-order chi connectivity index (χ1) is 16.9. The number of rotatable bonds is 6. The number of carbonyl (C=O) groups excluding carboxylic acids is 1. The number of carbonyl (C=O) groups is 1. The van der Waals surface area contributed by atoms with Gasteiger partial charge >= 0.3 is 0 Å². The monoisotopic (exact) mass is 471 g/mol. The zero-order valence-electron chi connectivity index (χ0n) is 19.1. The summed E-state index contributed by atoms with van der Waals surface area (Å²) in [6.45, 7) is 1.71. The molecule has 0 saturated carbocycles. The standard InChI is InChI=1S/C25H22FN7O2/c1-15(19-7-4-8-20(24(19)26)16-5-3-6-16)29-25(35)21-9-10-23(34)33(30-21)18-11-17(12-27-13-18)22-14-28-31-32(22)2/h4-5,7-15H,3,6H2,1-2H3,(H,29,35)/t15-/m1/s1. The molecule has 5 rings (SSSR count). The van der Waals surface area contributed by atoms with Crippen LogP contribution in [-0.4, -0.2) is 35.7 Å². The molecule has 4 aromatic rings. The third-order valence-electron chi connectivity index (χ3n) is 6.00. The molecule has 176 valence electrons. The van der Waals surface area contributed by atoms with Crippen molar-refractivity contribution in [3.8, 4) is 16.9 Å². The summed E-state index contributed by atoms with van der Waals surface area (Å²) in [4.78, 5) is 29.7. The Hall–Kier alpha value is -4.47. The van der Waals surface area contributed by atoms with E-state index in [1.165, 1.54) is 18.3 Å². The lowest BCUT2D eigenvalue weighted by Gasteiger charge is -2.20. The number of nitrogens with one attached hydrogen (secondary N) is 1. The molecule has 1 amide bonds. The van der Waals surface area contributed by atoms with Crippen molar-refractivity contribution in [2.75, 3.05) is 0 Å². The van der Waals surface area contributed by atoms with E-state index in [1.54, 1.807) is 55.3 Å². The van der Waals surface area contributed by atoms with Gasteiger partial charge in [-0.3, -0.25) is 14.6 Å². The first-order valence-electron chi connectivity index (χ1n) is 11.1. The number of pyridine rings is 1. The zero-order valence-corrected chi connectivity index (χ0v) is 19.1. The van der Waals surface area contributed by atoms with E-state index >= 15 is 4.39 Å². The highest BCUT2D eigenvalue weighted by Gasteiger charge is 2.21. The number of hydrogen-bond acceptors (Lipinski definition) is 6. The molecule has 1 N–H and O–H groups in total. The summed E-state index contributed by atoms with van der Waals surface area (Å²) in [5, 5.41) is 14.8. The van der Waals surface area contributed by atoms with E-state index in [4.69, 9.17) is 0 Å². The molecule has 1 aromatic carbocycles.